The van der Waals surface area contributed by atoms with Crippen molar-refractivity contribution in [3.63, 3.8) is 0 Å². The molecular weight excluding hydrogens is 263 g/mol. The van der Waals surface area contributed by atoms with Gasteiger partial charge in [-0.3, -0.25) is 9.78 Å². The number of aromatic nitrogens is 1. The fourth-order valence-electron chi connectivity index (χ4n) is 2.49. The Morgan fingerprint density at radius 1 is 1.55 bits per heavy atom. The van der Waals surface area contributed by atoms with Crippen LogP contribution in [-0.4, -0.2) is 39.4 Å². The summed E-state index contributed by atoms with van der Waals surface area (Å²) in [6.07, 6.45) is 6.09. The van der Waals surface area contributed by atoms with Crippen LogP contribution in [0, 0.1) is 5.82 Å². The smallest absolute Gasteiger partial charge is 0.257 e. The normalized spacial score (nSPS) is 16.4. The van der Waals surface area contributed by atoms with Crippen molar-refractivity contribution < 1.29 is 14.4 Å². The summed E-state index contributed by atoms with van der Waals surface area (Å²) in [4.78, 5) is 17.6. The first-order valence-corrected chi connectivity index (χ1v) is 6.50. The highest BCUT2D eigenvalue weighted by Gasteiger charge is 2.29. The summed E-state index contributed by atoms with van der Waals surface area (Å²) in [6.45, 7) is -0.0121. The monoisotopic (exact) mass is 280 g/mol. The number of hydrogen-bond acceptors (Lipinski definition) is 4. The molecule has 0 aromatic carbocycles. The molecule has 3 N–H and O–H groups in total. The maximum atomic E-state index is 13.7. The van der Waals surface area contributed by atoms with Gasteiger partial charge in [0, 0.05) is 12.2 Å². The molecule has 0 saturated heterocycles. The highest BCUT2D eigenvalue weighted by atomic mass is 19.1. The Labute approximate surface area is 116 Å². The lowest BCUT2D eigenvalue weighted by Crippen LogP contribution is -2.44. The van der Waals surface area contributed by atoms with Gasteiger partial charge in [-0.1, -0.05) is 18.0 Å². The van der Waals surface area contributed by atoms with Gasteiger partial charge in [0.25, 0.3) is 5.91 Å². The molecule has 1 aliphatic carbocycles. The molecule has 0 spiro atoms. The third kappa shape index (κ3) is 3.04. The fraction of sp³-hybridized carbons (Fsp3) is 0.462. The van der Waals surface area contributed by atoms with Crippen LogP contribution in [-0.2, 0) is 0 Å². The Kier molecular flexibility index (Phi) is 4.49. The van der Waals surface area contributed by atoms with Gasteiger partial charge in [-0.25, -0.2) is 4.39 Å². The molecule has 1 aromatic heterocycles. The summed E-state index contributed by atoms with van der Waals surface area (Å²) in [7, 11) is 0. The number of halogens is 1. The van der Waals surface area contributed by atoms with Crippen molar-refractivity contribution in [2.24, 2.45) is 10.9 Å². The van der Waals surface area contributed by atoms with Crippen LogP contribution < -0.4 is 5.73 Å². The molecule has 108 valence electrons. The minimum absolute atomic E-state index is 0.00429. The Morgan fingerprint density at radius 3 is 2.85 bits per heavy atom. The lowest BCUT2D eigenvalue weighted by atomic mass is 10.1. The van der Waals surface area contributed by atoms with E-state index in [2.05, 4.69) is 10.1 Å². The maximum absolute atomic E-state index is 13.7. The molecule has 1 aliphatic rings. The molecule has 0 aliphatic heterocycles. The van der Waals surface area contributed by atoms with E-state index in [1.165, 1.54) is 17.2 Å². The van der Waals surface area contributed by atoms with Crippen LogP contribution in [0.1, 0.15) is 36.0 Å². The van der Waals surface area contributed by atoms with Crippen molar-refractivity contribution >= 4 is 11.7 Å². The molecule has 1 fully saturated rings. The number of amides is 1. The van der Waals surface area contributed by atoms with E-state index in [9.17, 15) is 9.18 Å². The zero-order valence-corrected chi connectivity index (χ0v) is 11.0. The number of carbonyl (C=O) groups is 1. The van der Waals surface area contributed by atoms with Gasteiger partial charge in [-0.15, -0.1) is 0 Å². The third-order valence-electron chi connectivity index (χ3n) is 3.49. The Bertz CT molecular complexity index is 515. The molecule has 1 amide bonds. The largest absolute Gasteiger partial charge is 0.409 e. The van der Waals surface area contributed by atoms with E-state index < -0.39 is 11.7 Å². The number of hydrogen-bond donors (Lipinski definition) is 2. The van der Waals surface area contributed by atoms with Crippen molar-refractivity contribution in [2.45, 2.75) is 31.7 Å². The first kappa shape index (κ1) is 14.2. The van der Waals surface area contributed by atoms with Crippen LogP contribution in [0.15, 0.2) is 23.6 Å². The zero-order chi connectivity index (χ0) is 14.5. The van der Waals surface area contributed by atoms with Crippen molar-refractivity contribution in [1.29, 1.82) is 0 Å². The molecule has 20 heavy (non-hydrogen) atoms. The van der Waals surface area contributed by atoms with Crippen LogP contribution in [0.2, 0.25) is 0 Å². The Hall–Kier alpha value is -2.18. The minimum Gasteiger partial charge on any atom is -0.409 e. The summed E-state index contributed by atoms with van der Waals surface area (Å²) in [6, 6.07) is 1.33. The summed E-state index contributed by atoms with van der Waals surface area (Å²) >= 11 is 0. The molecule has 0 bridgehead atoms. The van der Waals surface area contributed by atoms with Crippen molar-refractivity contribution in [3.8, 4) is 0 Å². The van der Waals surface area contributed by atoms with Crippen molar-refractivity contribution in [3.05, 3.63) is 29.8 Å². The number of nitrogens with two attached hydrogens (primary N) is 1. The van der Waals surface area contributed by atoms with E-state index in [0.717, 1.165) is 31.9 Å². The first-order chi connectivity index (χ1) is 9.63. The van der Waals surface area contributed by atoms with Crippen molar-refractivity contribution in [1.82, 2.24) is 9.88 Å². The number of rotatable bonds is 4. The van der Waals surface area contributed by atoms with Crippen LogP contribution in [0.25, 0.3) is 0 Å². The van der Waals surface area contributed by atoms with Crippen LogP contribution in [0.5, 0.6) is 0 Å². The summed E-state index contributed by atoms with van der Waals surface area (Å²) < 4.78 is 13.7. The lowest BCUT2D eigenvalue weighted by Gasteiger charge is -2.28. The van der Waals surface area contributed by atoms with Crippen LogP contribution in [0.3, 0.4) is 0 Å². The van der Waals surface area contributed by atoms with Gasteiger partial charge in [0.15, 0.2) is 11.7 Å². The second-order valence-corrected chi connectivity index (χ2v) is 4.82. The summed E-state index contributed by atoms with van der Waals surface area (Å²) in [5.41, 5.74) is 5.45. The van der Waals surface area contributed by atoms with E-state index in [1.54, 1.807) is 0 Å². The molecule has 1 heterocycles. The molecule has 7 heteroatoms. The van der Waals surface area contributed by atoms with E-state index in [0.29, 0.717) is 0 Å². The Morgan fingerprint density at radius 2 is 2.25 bits per heavy atom. The van der Waals surface area contributed by atoms with Crippen LogP contribution in [0.4, 0.5) is 4.39 Å². The SMILES string of the molecule is NC(CN(C(=O)c1ccncc1F)C1CCCC1)=NO. The number of nitrogens with zero attached hydrogens (tertiary/aromatic N) is 3. The van der Waals surface area contributed by atoms with Gasteiger partial charge in [0.05, 0.1) is 18.3 Å². The van der Waals surface area contributed by atoms with E-state index >= 15 is 0 Å². The van der Waals surface area contributed by atoms with E-state index in [-0.39, 0.29) is 24.0 Å². The average Bonchev–Trinajstić information content (AvgIpc) is 2.98. The number of amidine groups is 1. The quantitative estimate of drug-likeness (QED) is 0.377. The van der Waals surface area contributed by atoms with Gasteiger partial charge in [0.2, 0.25) is 0 Å². The highest BCUT2D eigenvalue weighted by Crippen LogP contribution is 2.25. The van der Waals surface area contributed by atoms with Gasteiger partial charge in [-0.05, 0) is 18.9 Å². The van der Waals surface area contributed by atoms with Crippen LogP contribution >= 0.6 is 0 Å². The second-order valence-electron chi connectivity index (χ2n) is 4.82. The molecule has 0 radical (unpaired) electrons. The molecule has 6 nitrogen and oxygen atoms in total. The van der Waals surface area contributed by atoms with Crippen molar-refractivity contribution in [2.75, 3.05) is 6.54 Å². The molecule has 0 unspecified atom stereocenters. The number of carbonyl (C=O) groups excluding carboxylic acids is 1. The molecule has 0 atom stereocenters. The number of pyridine rings is 1. The second kappa shape index (κ2) is 6.31. The summed E-state index contributed by atoms with van der Waals surface area (Å²) in [5, 5.41) is 11.6. The average molecular weight is 280 g/mol. The highest BCUT2D eigenvalue weighted by molar-refractivity contribution is 5.97. The van der Waals surface area contributed by atoms with Gasteiger partial charge < -0.3 is 15.8 Å². The zero-order valence-electron chi connectivity index (χ0n) is 11.0. The van der Waals surface area contributed by atoms with Gasteiger partial charge in [0.1, 0.15) is 0 Å². The first-order valence-electron chi connectivity index (χ1n) is 6.50. The third-order valence-corrected chi connectivity index (χ3v) is 3.49. The molecule has 1 saturated carbocycles. The molecule has 2 rings (SSSR count). The van der Waals surface area contributed by atoms with Gasteiger partial charge >= 0.3 is 0 Å². The van der Waals surface area contributed by atoms with E-state index in [4.69, 9.17) is 10.9 Å². The Balaban J connectivity index is 2.25. The lowest BCUT2D eigenvalue weighted by molar-refractivity contribution is 0.0707. The topological polar surface area (TPSA) is 91.8 Å². The number of oxime groups is 1. The standard InChI is InChI=1S/C13H17FN4O2/c14-11-7-16-6-5-10(11)13(19)18(8-12(15)17-20)9-3-1-2-4-9/h5-7,9,20H,1-4,8H2,(H2,15,17). The maximum Gasteiger partial charge on any atom is 0.257 e. The predicted molar refractivity (Wildman–Crippen MR) is 70.9 cm³/mol. The minimum atomic E-state index is -0.667. The molecule has 1 aromatic rings. The fourth-order valence-corrected chi connectivity index (χ4v) is 2.49. The molecular formula is C13H17FN4O2. The van der Waals surface area contributed by atoms with E-state index in [1.807, 2.05) is 0 Å². The summed E-state index contributed by atoms with van der Waals surface area (Å²) in [5.74, 6) is -1.19. The predicted octanol–water partition coefficient (Wildman–Crippen LogP) is 1.35. The van der Waals surface area contributed by atoms with Gasteiger partial charge in [-0.2, -0.15) is 0 Å².